The molecule has 5 aliphatic heterocycles. The minimum atomic E-state index is -4.41. The molecule has 2 unspecified atom stereocenters. The minimum absolute atomic E-state index is 0.0464. The van der Waals surface area contributed by atoms with Gasteiger partial charge in [-0.05, 0) is 50.7 Å². The fourth-order valence-electron chi connectivity index (χ4n) is 6.14. The average molecular weight is 788 g/mol. The maximum atomic E-state index is 12.7. The number of nitrogens with zero attached hydrogens (tertiary/aromatic N) is 4. The van der Waals surface area contributed by atoms with Crippen LogP contribution in [0.3, 0.4) is 0 Å². The van der Waals surface area contributed by atoms with E-state index < -0.39 is 106 Å². The van der Waals surface area contributed by atoms with Crippen LogP contribution in [0.2, 0.25) is 0 Å². The number of carbonyl (C=O) groups is 3. The van der Waals surface area contributed by atoms with Crippen molar-refractivity contribution in [2.24, 2.45) is 0 Å². The van der Waals surface area contributed by atoms with Gasteiger partial charge in [0, 0.05) is 25.2 Å². The number of sulfonamides is 2. The van der Waals surface area contributed by atoms with Crippen molar-refractivity contribution >= 4 is 49.3 Å². The molecule has 0 aliphatic carbocycles. The molecule has 5 fully saturated rings. The quantitative estimate of drug-likeness (QED) is 0.134. The molecule has 290 valence electrons. The van der Waals surface area contributed by atoms with Gasteiger partial charge in [-0.3, -0.25) is 34.6 Å². The highest BCUT2D eigenvalue weighted by molar-refractivity contribution is 7.89. The number of esters is 1. The molecular formula is C30H37N5O16S2. The Morgan fingerprint density at radius 1 is 0.736 bits per heavy atom. The highest BCUT2D eigenvalue weighted by Gasteiger charge is 2.49. The summed E-state index contributed by atoms with van der Waals surface area (Å²) in [6.45, 7) is 0.0348. The largest absolute Gasteiger partial charge is 0.480 e. The number of para-hydroxylation sites is 2. The molecule has 2 aromatic rings. The second-order valence-electron chi connectivity index (χ2n) is 12.4. The van der Waals surface area contributed by atoms with Crippen LogP contribution in [0.4, 0.5) is 11.4 Å². The second-order valence-corrected chi connectivity index (χ2v) is 16.1. The molecule has 53 heavy (non-hydrogen) atoms. The van der Waals surface area contributed by atoms with E-state index in [-0.39, 0.29) is 25.5 Å². The van der Waals surface area contributed by atoms with Crippen molar-refractivity contribution < 1.29 is 66.2 Å². The summed E-state index contributed by atoms with van der Waals surface area (Å²) >= 11 is 0. The lowest BCUT2D eigenvalue weighted by Crippen LogP contribution is -2.58. The fraction of sp³-hybridized carbons (Fsp3) is 0.500. The van der Waals surface area contributed by atoms with Crippen molar-refractivity contribution in [3.63, 3.8) is 0 Å². The van der Waals surface area contributed by atoms with E-state index in [2.05, 4.69) is 5.32 Å². The highest BCUT2D eigenvalue weighted by Crippen LogP contribution is 2.35. The molecule has 0 saturated carbocycles. The number of benzene rings is 2. The Morgan fingerprint density at radius 2 is 1.26 bits per heavy atom. The monoisotopic (exact) mass is 787 g/mol. The van der Waals surface area contributed by atoms with Gasteiger partial charge in [-0.25, -0.2) is 16.8 Å². The topological polar surface area (TPSA) is 314 Å². The van der Waals surface area contributed by atoms with Crippen molar-refractivity contribution in [2.45, 2.75) is 84.8 Å². The van der Waals surface area contributed by atoms with Crippen molar-refractivity contribution in [1.29, 1.82) is 0 Å². The summed E-state index contributed by atoms with van der Waals surface area (Å²) in [7, 11) is -8.52. The Hall–Kier alpha value is -4.65. The van der Waals surface area contributed by atoms with Crippen molar-refractivity contribution in [3.8, 4) is 0 Å². The van der Waals surface area contributed by atoms with Gasteiger partial charge in [-0.15, -0.1) is 0 Å². The summed E-state index contributed by atoms with van der Waals surface area (Å²) in [4.78, 5) is 52.7. The highest BCUT2D eigenvalue weighted by atomic mass is 32.2. The van der Waals surface area contributed by atoms with E-state index in [1.165, 1.54) is 30.3 Å². The number of nitro benzene ring substituents is 2. The van der Waals surface area contributed by atoms with Crippen LogP contribution in [-0.2, 0) is 39.2 Å². The van der Waals surface area contributed by atoms with Crippen LogP contribution < -0.4 is 5.32 Å². The Bertz CT molecular complexity index is 1940. The van der Waals surface area contributed by atoms with Crippen LogP contribution in [0.15, 0.2) is 58.3 Å². The number of hydrogen-bond donors (Lipinski definition) is 5. The fourth-order valence-corrected chi connectivity index (χ4v) is 9.75. The maximum absolute atomic E-state index is 12.7. The van der Waals surface area contributed by atoms with Gasteiger partial charge in [0.2, 0.25) is 0 Å². The number of aliphatic hydroxyl groups is 2. The minimum Gasteiger partial charge on any atom is -0.480 e. The Balaban J connectivity index is 0.000000190. The first kappa shape index (κ1) is 41.1. The van der Waals surface area contributed by atoms with Crippen molar-refractivity contribution in [3.05, 3.63) is 68.8 Å². The smallest absolute Gasteiger partial charge is 0.324 e. The van der Waals surface area contributed by atoms with Crippen LogP contribution in [0.25, 0.3) is 0 Å². The van der Waals surface area contributed by atoms with E-state index in [1.54, 1.807) is 0 Å². The Kier molecular flexibility index (Phi) is 13.2. The number of carboxylic acid groups (broad SMARTS) is 2. The molecule has 2 bridgehead atoms. The summed E-state index contributed by atoms with van der Waals surface area (Å²) < 4.78 is 57.2. The number of β-amino-alcohol motifs (C(OH)–C–C–N with tert-alkyl or cyclic N) is 2. The molecule has 5 saturated heterocycles. The summed E-state index contributed by atoms with van der Waals surface area (Å²) in [5, 5.41) is 60.9. The molecule has 2 aromatic carbocycles. The number of hydrogen-bond acceptors (Lipinski definition) is 15. The number of fused-ring (bicyclic) bond motifs is 3. The molecule has 5 aliphatic rings. The third-order valence-corrected chi connectivity index (χ3v) is 12.7. The van der Waals surface area contributed by atoms with E-state index in [9.17, 15) is 56.6 Å². The first-order valence-electron chi connectivity index (χ1n) is 16.1. The van der Waals surface area contributed by atoms with Crippen molar-refractivity contribution in [1.82, 2.24) is 13.9 Å². The third-order valence-electron chi connectivity index (χ3n) is 8.83. The molecule has 0 radical (unpaired) electrons. The van der Waals surface area contributed by atoms with Gasteiger partial charge in [0.15, 0.2) is 9.79 Å². The van der Waals surface area contributed by atoms with Gasteiger partial charge in [-0.2, -0.15) is 8.61 Å². The van der Waals surface area contributed by atoms with Crippen LogP contribution >= 0.6 is 0 Å². The van der Waals surface area contributed by atoms with Gasteiger partial charge in [0.05, 0.1) is 28.6 Å². The van der Waals surface area contributed by atoms with Gasteiger partial charge >= 0.3 is 17.9 Å². The van der Waals surface area contributed by atoms with Crippen LogP contribution in [0.5, 0.6) is 0 Å². The number of ether oxygens (including phenoxy) is 1. The zero-order valence-corrected chi connectivity index (χ0v) is 29.4. The summed E-state index contributed by atoms with van der Waals surface area (Å²) in [6, 6.07) is 7.14. The summed E-state index contributed by atoms with van der Waals surface area (Å²) in [5.74, 6) is -2.76. The standard InChI is InChI=1S/C12H14N2O7S.C12H12N2O6S.C6H11NO3/c15-8-5-6-10(12(16)17)13(7-8)22(20,21)11-4-2-1-3-9(11)14(18)19;15-12-10-6-5-8(20-12)7-13(10)21(18,19)11-4-2-1-3-9(11)14(16)17;8-4-1-2-5(6(9)10)7-3-4/h1-4,8,10,15H,5-7H2,(H,16,17);1-4,8,10H,5-7H2;4-5,7-8H,1-3H2,(H,9,10)/t8-,10-;;4-,5-/m0.0/s1. The van der Waals surface area contributed by atoms with Crippen LogP contribution in [0.1, 0.15) is 38.5 Å². The lowest BCUT2D eigenvalue weighted by Gasteiger charge is -2.42. The molecule has 21 nitrogen and oxygen atoms in total. The molecule has 5 N–H and O–H groups in total. The predicted molar refractivity (Wildman–Crippen MR) is 178 cm³/mol. The first-order valence-corrected chi connectivity index (χ1v) is 19.0. The number of piperidine rings is 3. The zero-order chi connectivity index (χ0) is 39.2. The molecule has 0 aromatic heterocycles. The maximum Gasteiger partial charge on any atom is 0.324 e. The van der Waals surface area contributed by atoms with Gasteiger partial charge in [0.25, 0.3) is 31.4 Å². The molecular weight excluding hydrogens is 750 g/mol. The predicted octanol–water partition coefficient (Wildman–Crippen LogP) is 0.0506. The molecule has 7 rings (SSSR count). The lowest BCUT2D eigenvalue weighted by atomic mass is 9.99. The van der Waals surface area contributed by atoms with Crippen LogP contribution in [-0.4, -0.2) is 130 Å². The molecule has 6 atom stereocenters. The number of nitrogens with one attached hydrogen (secondary N) is 1. The number of aliphatic carboxylic acids is 2. The number of morpholine rings is 1. The first-order chi connectivity index (χ1) is 24.9. The van der Waals surface area contributed by atoms with Gasteiger partial charge in [-0.1, -0.05) is 24.3 Å². The third kappa shape index (κ3) is 9.48. The molecule has 23 heteroatoms. The SMILES string of the molecule is O=C(O)[C@@H]1CC[C@H](O)CN1.O=C(O)[C@@H]1CC[C@H](O)CN1S(=O)(=O)c1ccccc1[N+](=O)[O-].O=C1OC2CCC1N(S(=O)(=O)c1ccccc1[N+](=O)[O-])C2. The average Bonchev–Trinajstić information content (AvgIpc) is 3.12. The number of aliphatic hydroxyl groups excluding tert-OH is 2. The van der Waals surface area contributed by atoms with Gasteiger partial charge < -0.3 is 30.5 Å². The number of nitro groups is 2. The Labute approximate surface area is 302 Å². The normalized spacial score (nSPS) is 26.1. The summed E-state index contributed by atoms with van der Waals surface area (Å²) in [5.41, 5.74) is -1.13. The lowest BCUT2D eigenvalue weighted by molar-refractivity contribution is -0.388. The van der Waals surface area contributed by atoms with Crippen molar-refractivity contribution in [2.75, 3.05) is 19.6 Å². The van der Waals surface area contributed by atoms with E-state index in [4.69, 9.17) is 20.1 Å². The second kappa shape index (κ2) is 17.0. The van der Waals surface area contributed by atoms with E-state index in [0.29, 0.717) is 36.5 Å². The van der Waals surface area contributed by atoms with E-state index >= 15 is 0 Å². The number of carbonyl (C=O) groups excluding carboxylic acids is 1. The van der Waals surface area contributed by atoms with Gasteiger partial charge in [0.1, 0.15) is 24.2 Å². The molecule has 5 heterocycles. The molecule has 0 spiro atoms. The van der Waals surface area contributed by atoms with E-state index in [0.717, 1.165) is 22.5 Å². The van der Waals surface area contributed by atoms with Crippen LogP contribution in [0, 0.1) is 20.2 Å². The number of rotatable bonds is 8. The van der Waals surface area contributed by atoms with E-state index in [1.807, 2.05) is 0 Å². The number of carboxylic acids is 2. The molecule has 0 amide bonds. The zero-order valence-electron chi connectivity index (χ0n) is 27.7. The Morgan fingerprint density at radius 3 is 1.72 bits per heavy atom. The summed E-state index contributed by atoms with van der Waals surface area (Å²) in [6.07, 6.45) is 0.350.